The second-order valence-corrected chi connectivity index (χ2v) is 8.95. The first-order chi connectivity index (χ1) is 15.9. The van der Waals surface area contributed by atoms with Crippen LogP contribution in [0.15, 0.2) is 53.4 Å². The summed E-state index contributed by atoms with van der Waals surface area (Å²) in [5.74, 6) is 0.503. The van der Waals surface area contributed by atoms with Crippen LogP contribution in [0.25, 0.3) is 6.08 Å². The number of anilines is 1. The second kappa shape index (κ2) is 11.6. The van der Waals surface area contributed by atoms with Crippen molar-refractivity contribution in [3.63, 3.8) is 0 Å². The quantitative estimate of drug-likeness (QED) is 0.166. The number of hydrogen-bond acceptors (Lipinski definition) is 7. The molecule has 10 heteroatoms. The number of nitrogens with one attached hydrogen (secondary N) is 1. The zero-order chi connectivity index (χ0) is 23.8. The number of benzene rings is 2. The maximum Gasteiger partial charge on any atom is 0.269 e. The van der Waals surface area contributed by atoms with Crippen molar-refractivity contribution in [2.45, 2.75) is 25.7 Å². The summed E-state index contributed by atoms with van der Waals surface area (Å²) in [5.41, 5.74) is 1.42. The zero-order valence-corrected chi connectivity index (χ0v) is 19.6. The maximum atomic E-state index is 12.7. The average molecular weight is 486 g/mol. The summed E-state index contributed by atoms with van der Waals surface area (Å²) in [6.07, 6.45) is 4.30. The minimum atomic E-state index is -0.466. The molecule has 1 saturated heterocycles. The summed E-state index contributed by atoms with van der Waals surface area (Å²) in [6.45, 7) is 0.488. The van der Waals surface area contributed by atoms with Crippen LogP contribution in [-0.2, 0) is 9.59 Å². The number of carbonyl (C=O) groups is 2. The zero-order valence-electron chi connectivity index (χ0n) is 18.0. The molecule has 1 heterocycles. The van der Waals surface area contributed by atoms with Crippen molar-refractivity contribution in [2.24, 2.45) is 0 Å². The number of nitro groups is 1. The molecule has 172 valence electrons. The highest BCUT2D eigenvalue weighted by molar-refractivity contribution is 8.26. The number of unbranched alkanes of at least 4 members (excludes halogenated alkanes) is 2. The van der Waals surface area contributed by atoms with Gasteiger partial charge in [-0.3, -0.25) is 24.6 Å². The molecule has 0 unspecified atom stereocenters. The normalized spacial score (nSPS) is 14.6. The molecule has 0 saturated carbocycles. The first-order valence-electron chi connectivity index (χ1n) is 10.3. The van der Waals surface area contributed by atoms with E-state index in [1.54, 1.807) is 54.5 Å². The van der Waals surface area contributed by atoms with Gasteiger partial charge in [-0.25, -0.2) is 0 Å². The highest BCUT2D eigenvalue weighted by Crippen LogP contribution is 2.33. The summed E-state index contributed by atoms with van der Waals surface area (Å²) < 4.78 is 5.59. The molecule has 0 spiro atoms. The second-order valence-electron chi connectivity index (χ2n) is 7.27. The van der Waals surface area contributed by atoms with Gasteiger partial charge in [-0.2, -0.15) is 0 Å². The molecule has 1 N–H and O–H groups in total. The number of hydrogen-bond donors (Lipinski definition) is 1. The van der Waals surface area contributed by atoms with Crippen molar-refractivity contribution in [1.82, 2.24) is 4.90 Å². The number of carbonyl (C=O) groups excluding carboxylic acids is 2. The number of ether oxygens (including phenoxy) is 1. The lowest BCUT2D eigenvalue weighted by Gasteiger charge is -2.14. The molecule has 0 bridgehead atoms. The number of non-ortho nitro benzene ring substituents is 1. The van der Waals surface area contributed by atoms with Crippen LogP contribution < -0.4 is 10.1 Å². The predicted molar refractivity (Wildman–Crippen MR) is 133 cm³/mol. The van der Waals surface area contributed by atoms with Gasteiger partial charge in [-0.15, -0.1) is 0 Å². The Morgan fingerprint density at radius 3 is 2.48 bits per heavy atom. The number of thiocarbonyl (C=S) groups is 1. The van der Waals surface area contributed by atoms with Gasteiger partial charge < -0.3 is 10.1 Å². The molecule has 2 aromatic rings. The van der Waals surface area contributed by atoms with Crippen molar-refractivity contribution >= 4 is 57.6 Å². The molecule has 0 radical (unpaired) electrons. The molecule has 0 aromatic heterocycles. The van der Waals surface area contributed by atoms with Gasteiger partial charge in [-0.1, -0.05) is 30.4 Å². The van der Waals surface area contributed by atoms with Crippen molar-refractivity contribution in [1.29, 1.82) is 0 Å². The van der Waals surface area contributed by atoms with E-state index in [1.807, 2.05) is 0 Å². The lowest BCUT2D eigenvalue weighted by Crippen LogP contribution is -2.29. The van der Waals surface area contributed by atoms with Crippen LogP contribution in [0.5, 0.6) is 5.75 Å². The van der Waals surface area contributed by atoms with Gasteiger partial charge in [0.15, 0.2) is 0 Å². The molecular formula is C23H23N3O5S2. The van der Waals surface area contributed by atoms with E-state index >= 15 is 0 Å². The Morgan fingerprint density at radius 2 is 1.85 bits per heavy atom. The first-order valence-corrected chi connectivity index (χ1v) is 11.5. The number of methoxy groups -OCH3 is 1. The molecule has 1 aliphatic heterocycles. The lowest BCUT2D eigenvalue weighted by molar-refractivity contribution is -0.384. The van der Waals surface area contributed by atoms with Crippen molar-refractivity contribution in [3.8, 4) is 5.75 Å². The van der Waals surface area contributed by atoms with Gasteiger partial charge in [-0.05, 0) is 60.9 Å². The Hall–Kier alpha value is -3.24. The van der Waals surface area contributed by atoms with E-state index in [0.29, 0.717) is 34.2 Å². The third-order valence-corrected chi connectivity index (χ3v) is 6.31. The first kappa shape index (κ1) is 24.4. The van der Waals surface area contributed by atoms with Crippen LogP contribution in [0.2, 0.25) is 0 Å². The minimum absolute atomic E-state index is 0.00243. The SMILES string of the molecule is COc1ccc(NC(=O)CCCCCN2C(=O)/C(=C/c3ccc([N+](=O)[O-])cc3)SC2=S)cc1. The van der Waals surface area contributed by atoms with E-state index in [4.69, 9.17) is 17.0 Å². The number of nitrogens with zero attached hydrogens (tertiary/aromatic N) is 2. The molecule has 1 aliphatic rings. The molecular weight excluding hydrogens is 462 g/mol. The lowest BCUT2D eigenvalue weighted by atomic mass is 10.1. The minimum Gasteiger partial charge on any atom is -0.497 e. The molecule has 8 nitrogen and oxygen atoms in total. The third kappa shape index (κ3) is 6.87. The number of thioether (sulfide) groups is 1. The topological polar surface area (TPSA) is 102 Å². The Balaban J connectivity index is 1.41. The summed E-state index contributed by atoms with van der Waals surface area (Å²) in [4.78, 5) is 37.1. The van der Waals surface area contributed by atoms with E-state index in [0.717, 1.165) is 24.3 Å². The van der Waals surface area contributed by atoms with Gasteiger partial charge in [0.1, 0.15) is 10.1 Å². The fourth-order valence-electron chi connectivity index (χ4n) is 3.17. The van der Waals surface area contributed by atoms with Crippen LogP contribution in [0, 0.1) is 10.1 Å². The summed E-state index contributed by atoms with van der Waals surface area (Å²) in [6, 6.07) is 13.1. The highest BCUT2D eigenvalue weighted by Gasteiger charge is 2.31. The van der Waals surface area contributed by atoms with Crippen LogP contribution in [0.1, 0.15) is 31.2 Å². The van der Waals surface area contributed by atoms with E-state index in [1.165, 1.54) is 23.9 Å². The van der Waals surface area contributed by atoms with E-state index < -0.39 is 4.92 Å². The average Bonchev–Trinajstić information content (AvgIpc) is 3.07. The van der Waals surface area contributed by atoms with Crippen LogP contribution in [0.4, 0.5) is 11.4 Å². The van der Waals surface area contributed by atoms with E-state index in [2.05, 4.69) is 5.32 Å². The molecule has 1 fully saturated rings. The van der Waals surface area contributed by atoms with Crippen LogP contribution >= 0.6 is 24.0 Å². The van der Waals surface area contributed by atoms with E-state index in [9.17, 15) is 19.7 Å². The van der Waals surface area contributed by atoms with Crippen molar-refractivity contribution in [3.05, 3.63) is 69.1 Å². The van der Waals surface area contributed by atoms with Gasteiger partial charge in [0.2, 0.25) is 5.91 Å². The van der Waals surface area contributed by atoms with Gasteiger partial charge >= 0.3 is 0 Å². The fraction of sp³-hybridized carbons (Fsp3) is 0.261. The fourth-order valence-corrected chi connectivity index (χ4v) is 4.48. The molecule has 0 atom stereocenters. The van der Waals surface area contributed by atoms with Crippen molar-refractivity contribution in [2.75, 3.05) is 19.0 Å². The van der Waals surface area contributed by atoms with Crippen molar-refractivity contribution < 1.29 is 19.2 Å². The predicted octanol–water partition coefficient (Wildman–Crippen LogP) is 5.00. The Labute approximate surface area is 201 Å². The number of rotatable bonds is 10. The monoisotopic (exact) mass is 485 g/mol. The summed E-state index contributed by atoms with van der Waals surface area (Å²) in [5, 5.41) is 13.6. The number of nitro benzene ring substituents is 1. The molecule has 0 aliphatic carbocycles. The molecule has 3 rings (SSSR count). The van der Waals surface area contributed by atoms with Crippen LogP contribution in [-0.4, -0.2) is 39.6 Å². The Kier molecular flexibility index (Phi) is 8.56. The largest absolute Gasteiger partial charge is 0.497 e. The van der Waals surface area contributed by atoms with Gasteiger partial charge in [0.05, 0.1) is 16.9 Å². The van der Waals surface area contributed by atoms with E-state index in [-0.39, 0.29) is 17.5 Å². The van der Waals surface area contributed by atoms with Crippen LogP contribution in [0.3, 0.4) is 0 Å². The third-order valence-electron chi connectivity index (χ3n) is 4.93. The Bertz CT molecular complexity index is 1070. The number of amides is 2. The van der Waals surface area contributed by atoms with Gasteiger partial charge in [0, 0.05) is 30.8 Å². The molecule has 2 aromatic carbocycles. The molecule has 2 amide bonds. The Morgan fingerprint density at radius 1 is 1.15 bits per heavy atom. The molecule has 33 heavy (non-hydrogen) atoms. The standard InChI is InChI=1S/C23H23N3O5S2/c1-31-19-12-8-17(9-13-19)24-21(27)5-3-2-4-14-25-22(28)20(33-23(25)32)15-16-6-10-18(11-7-16)26(29)30/h6-13,15H,2-5,14H2,1H3,(H,24,27)/b20-15-. The summed E-state index contributed by atoms with van der Waals surface area (Å²) >= 11 is 6.56. The summed E-state index contributed by atoms with van der Waals surface area (Å²) in [7, 11) is 1.59. The highest BCUT2D eigenvalue weighted by atomic mass is 32.2. The van der Waals surface area contributed by atoms with Gasteiger partial charge in [0.25, 0.3) is 11.6 Å². The smallest absolute Gasteiger partial charge is 0.269 e. The maximum absolute atomic E-state index is 12.7.